The predicted octanol–water partition coefficient (Wildman–Crippen LogP) is 4.73. The molecule has 1 heterocycles. The van der Waals surface area contributed by atoms with Gasteiger partial charge in [0.05, 0.1) is 21.8 Å². The molecule has 0 fully saturated rings. The van der Waals surface area contributed by atoms with E-state index in [2.05, 4.69) is 10.3 Å². The molecule has 0 radical (unpaired) electrons. The van der Waals surface area contributed by atoms with Crippen LogP contribution in [0.4, 0.5) is 10.1 Å². The van der Waals surface area contributed by atoms with Crippen molar-refractivity contribution in [3.63, 3.8) is 0 Å². The molecule has 0 saturated heterocycles. The summed E-state index contributed by atoms with van der Waals surface area (Å²) in [6.07, 6.45) is 0. The third-order valence-electron chi connectivity index (χ3n) is 2.64. The molecule has 0 aliphatic rings. The monoisotopic (exact) mass is 284 g/mol. The number of hydrogen-bond acceptors (Lipinski definition) is 3. The maximum absolute atomic E-state index is 13.3. The van der Waals surface area contributed by atoms with Gasteiger partial charge in [0.2, 0.25) is 0 Å². The van der Waals surface area contributed by atoms with Crippen LogP contribution in [0.15, 0.2) is 18.2 Å². The Morgan fingerprint density at radius 2 is 2.11 bits per heavy atom. The molecule has 96 valence electrons. The van der Waals surface area contributed by atoms with Crippen LogP contribution < -0.4 is 5.32 Å². The fourth-order valence-corrected chi connectivity index (χ4v) is 2.90. The number of aryl methyl sites for hydroxylation is 2. The second-order valence-corrected chi connectivity index (χ2v) is 5.82. The van der Waals surface area contributed by atoms with Crippen molar-refractivity contribution in [2.24, 2.45) is 0 Å². The Labute approximate surface area is 115 Å². The van der Waals surface area contributed by atoms with Crippen LogP contribution in [0.1, 0.15) is 28.5 Å². The molecule has 2 aromatic rings. The van der Waals surface area contributed by atoms with Crippen LogP contribution in [0.5, 0.6) is 0 Å². The van der Waals surface area contributed by atoms with Gasteiger partial charge in [-0.25, -0.2) is 9.37 Å². The summed E-state index contributed by atoms with van der Waals surface area (Å²) in [6.45, 7) is 6.00. The fourth-order valence-electron chi connectivity index (χ4n) is 1.85. The number of anilines is 1. The van der Waals surface area contributed by atoms with Gasteiger partial charge in [0.15, 0.2) is 0 Å². The van der Waals surface area contributed by atoms with Gasteiger partial charge < -0.3 is 5.32 Å². The van der Waals surface area contributed by atoms with Crippen LogP contribution in [0.2, 0.25) is 5.02 Å². The number of hydrogen-bond donors (Lipinski definition) is 1. The molecule has 0 aliphatic heterocycles. The van der Waals surface area contributed by atoms with E-state index in [1.54, 1.807) is 23.5 Å². The number of halogens is 2. The number of nitrogens with zero attached hydrogens (tertiary/aromatic N) is 1. The smallest absolute Gasteiger partial charge is 0.143 e. The highest BCUT2D eigenvalue weighted by atomic mass is 35.5. The average Bonchev–Trinajstić information content (AvgIpc) is 2.63. The van der Waals surface area contributed by atoms with Crippen LogP contribution in [0, 0.1) is 19.7 Å². The molecule has 1 atom stereocenters. The molecule has 1 aromatic heterocycles. The van der Waals surface area contributed by atoms with Gasteiger partial charge in [-0.15, -0.1) is 11.3 Å². The van der Waals surface area contributed by atoms with Gasteiger partial charge >= 0.3 is 0 Å². The molecule has 0 spiro atoms. The number of thiazole rings is 1. The van der Waals surface area contributed by atoms with Gasteiger partial charge in [-0.05, 0) is 39.0 Å². The molecular weight excluding hydrogens is 271 g/mol. The van der Waals surface area contributed by atoms with Crippen LogP contribution in [0.3, 0.4) is 0 Å². The van der Waals surface area contributed by atoms with Gasteiger partial charge in [-0.2, -0.15) is 0 Å². The first-order valence-corrected chi connectivity index (χ1v) is 6.82. The summed E-state index contributed by atoms with van der Waals surface area (Å²) in [5, 5.41) is 4.43. The second kappa shape index (κ2) is 5.24. The van der Waals surface area contributed by atoms with Crippen molar-refractivity contribution < 1.29 is 4.39 Å². The van der Waals surface area contributed by atoms with E-state index < -0.39 is 5.82 Å². The van der Waals surface area contributed by atoms with Crippen molar-refractivity contribution in [3.8, 4) is 0 Å². The Balaban J connectivity index is 2.18. The molecule has 2 rings (SSSR count). The maximum Gasteiger partial charge on any atom is 0.143 e. The minimum absolute atomic E-state index is 0.0942. The maximum atomic E-state index is 13.3. The lowest BCUT2D eigenvalue weighted by Gasteiger charge is -2.14. The normalized spacial score (nSPS) is 12.5. The van der Waals surface area contributed by atoms with Crippen LogP contribution >= 0.6 is 22.9 Å². The van der Waals surface area contributed by atoms with Gasteiger partial charge in [0.1, 0.15) is 5.82 Å². The third-order valence-corrected chi connectivity index (χ3v) is 4.20. The summed E-state index contributed by atoms with van der Waals surface area (Å²) in [5.74, 6) is -0.411. The van der Waals surface area contributed by atoms with E-state index in [0.717, 1.165) is 16.4 Å². The Kier molecular flexibility index (Phi) is 3.88. The molecule has 2 nitrogen and oxygen atoms in total. The first-order chi connectivity index (χ1) is 8.47. The molecule has 0 bridgehead atoms. The quantitative estimate of drug-likeness (QED) is 0.882. The van der Waals surface area contributed by atoms with E-state index >= 15 is 0 Å². The molecule has 18 heavy (non-hydrogen) atoms. The van der Waals surface area contributed by atoms with Crippen molar-refractivity contribution in [1.82, 2.24) is 4.98 Å². The average molecular weight is 285 g/mol. The molecule has 1 N–H and O–H groups in total. The summed E-state index contributed by atoms with van der Waals surface area (Å²) < 4.78 is 13.3. The Hall–Kier alpha value is -1.13. The molecule has 1 aromatic carbocycles. The summed E-state index contributed by atoms with van der Waals surface area (Å²) in [7, 11) is 0. The molecule has 5 heteroatoms. The molecule has 0 aliphatic carbocycles. The number of nitrogens with one attached hydrogen (secondary N) is 1. The summed E-state index contributed by atoms with van der Waals surface area (Å²) >= 11 is 7.31. The van der Waals surface area contributed by atoms with Gasteiger partial charge in [0.25, 0.3) is 0 Å². The van der Waals surface area contributed by atoms with Crippen molar-refractivity contribution in [2.75, 3.05) is 5.32 Å². The summed E-state index contributed by atoms with van der Waals surface area (Å²) in [5.41, 5.74) is 1.74. The van der Waals surface area contributed by atoms with E-state index in [0.29, 0.717) is 0 Å². The largest absolute Gasteiger partial charge is 0.378 e. The molecule has 0 amide bonds. The summed E-state index contributed by atoms with van der Waals surface area (Å²) in [6, 6.07) is 4.82. The topological polar surface area (TPSA) is 24.9 Å². The van der Waals surface area contributed by atoms with E-state index in [-0.39, 0.29) is 11.1 Å². The van der Waals surface area contributed by atoms with Crippen LogP contribution in [-0.4, -0.2) is 4.98 Å². The lowest BCUT2D eigenvalue weighted by atomic mass is 10.2. The lowest BCUT2D eigenvalue weighted by molar-refractivity contribution is 0.628. The Bertz CT molecular complexity index is 568. The standard InChI is InChI=1S/C13H14ClFN2S/c1-7-13(18-9(3)16-7)8(2)17-10-4-5-11(14)12(15)6-10/h4-6,8,17H,1-3H3. The van der Waals surface area contributed by atoms with Crippen LogP contribution in [0.25, 0.3) is 0 Å². The third kappa shape index (κ3) is 2.82. The van der Waals surface area contributed by atoms with Crippen molar-refractivity contribution in [1.29, 1.82) is 0 Å². The van der Waals surface area contributed by atoms with E-state index in [1.807, 2.05) is 20.8 Å². The van der Waals surface area contributed by atoms with E-state index in [9.17, 15) is 4.39 Å². The summed E-state index contributed by atoms with van der Waals surface area (Å²) in [4.78, 5) is 5.56. The van der Waals surface area contributed by atoms with Gasteiger partial charge in [0, 0.05) is 10.6 Å². The highest BCUT2D eigenvalue weighted by Gasteiger charge is 2.13. The Morgan fingerprint density at radius 3 is 2.67 bits per heavy atom. The van der Waals surface area contributed by atoms with Crippen molar-refractivity contribution in [2.45, 2.75) is 26.8 Å². The molecular formula is C13H14ClFN2S. The second-order valence-electron chi connectivity index (χ2n) is 4.18. The first kappa shape index (κ1) is 13.3. The zero-order valence-electron chi connectivity index (χ0n) is 10.4. The number of benzene rings is 1. The highest BCUT2D eigenvalue weighted by Crippen LogP contribution is 2.28. The van der Waals surface area contributed by atoms with E-state index in [4.69, 9.17) is 11.6 Å². The predicted molar refractivity (Wildman–Crippen MR) is 75.0 cm³/mol. The number of aromatic nitrogens is 1. The molecule has 1 unspecified atom stereocenters. The SMILES string of the molecule is Cc1nc(C)c(C(C)Nc2ccc(Cl)c(F)c2)s1. The Morgan fingerprint density at radius 1 is 1.39 bits per heavy atom. The zero-order valence-corrected chi connectivity index (χ0v) is 12.0. The van der Waals surface area contributed by atoms with Crippen LogP contribution in [-0.2, 0) is 0 Å². The lowest BCUT2D eigenvalue weighted by Crippen LogP contribution is -2.06. The van der Waals surface area contributed by atoms with Gasteiger partial charge in [-0.3, -0.25) is 0 Å². The van der Waals surface area contributed by atoms with E-state index in [1.165, 1.54) is 10.9 Å². The first-order valence-electron chi connectivity index (χ1n) is 5.63. The minimum Gasteiger partial charge on any atom is -0.378 e. The zero-order chi connectivity index (χ0) is 13.3. The highest BCUT2D eigenvalue weighted by molar-refractivity contribution is 7.11. The fraction of sp³-hybridized carbons (Fsp3) is 0.308. The molecule has 0 saturated carbocycles. The number of rotatable bonds is 3. The van der Waals surface area contributed by atoms with Crippen molar-refractivity contribution >= 4 is 28.6 Å². The van der Waals surface area contributed by atoms with Gasteiger partial charge in [-0.1, -0.05) is 11.6 Å². The minimum atomic E-state index is -0.411. The van der Waals surface area contributed by atoms with Crippen molar-refractivity contribution in [3.05, 3.63) is 44.6 Å².